The van der Waals surface area contributed by atoms with Crippen molar-refractivity contribution < 1.29 is 9.90 Å². The lowest BCUT2D eigenvalue weighted by Gasteiger charge is -2.58. The number of rotatable bonds is 0. The number of nitrogens with zero attached hydrogens (tertiary/aromatic N) is 1. The molecule has 5 unspecified atom stereocenters. The van der Waals surface area contributed by atoms with Crippen molar-refractivity contribution in [3.05, 3.63) is 0 Å². The maximum absolute atomic E-state index is 12.9. The summed E-state index contributed by atoms with van der Waals surface area (Å²) in [5.74, 6) is 1.48. The first-order chi connectivity index (χ1) is 9.11. The predicted octanol–water partition coefficient (Wildman–Crippen LogP) is 1.98. The van der Waals surface area contributed by atoms with Gasteiger partial charge in [0.2, 0.25) is 0 Å². The van der Waals surface area contributed by atoms with Crippen molar-refractivity contribution in [2.75, 3.05) is 13.1 Å². The smallest absolute Gasteiger partial charge is 0.154 e. The molecule has 2 heterocycles. The van der Waals surface area contributed by atoms with E-state index in [-0.39, 0.29) is 17.1 Å². The van der Waals surface area contributed by atoms with Gasteiger partial charge in [-0.05, 0) is 63.5 Å². The number of piperidine rings is 1. The third kappa shape index (κ3) is 1.25. The van der Waals surface area contributed by atoms with Crippen molar-refractivity contribution in [3.8, 4) is 0 Å². The highest BCUT2D eigenvalue weighted by molar-refractivity contribution is 5.93. The monoisotopic (exact) mass is 263 g/mol. The molecule has 3 heteroatoms. The Morgan fingerprint density at radius 3 is 2.74 bits per heavy atom. The molecule has 0 aromatic heterocycles. The van der Waals surface area contributed by atoms with E-state index in [1.165, 1.54) is 0 Å². The SMILES string of the molecule is CC1CC(O)C23CCCN4CCCC42C(=O)CC3C1. The summed E-state index contributed by atoms with van der Waals surface area (Å²) in [6.45, 7) is 4.38. The normalized spacial score (nSPS) is 53.8. The van der Waals surface area contributed by atoms with E-state index in [0.29, 0.717) is 17.6 Å². The van der Waals surface area contributed by atoms with Crippen LogP contribution >= 0.6 is 0 Å². The summed E-state index contributed by atoms with van der Waals surface area (Å²) in [5, 5.41) is 10.9. The minimum atomic E-state index is -0.268. The fourth-order valence-electron chi connectivity index (χ4n) is 6.35. The van der Waals surface area contributed by atoms with Crippen LogP contribution in [0.2, 0.25) is 0 Å². The van der Waals surface area contributed by atoms with Crippen LogP contribution in [0, 0.1) is 17.3 Å². The van der Waals surface area contributed by atoms with Crippen molar-refractivity contribution in [2.45, 2.75) is 63.5 Å². The molecule has 4 fully saturated rings. The molecule has 4 aliphatic rings. The molecule has 0 radical (unpaired) electrons. The van der Waals surface area contributed by atoms with Crippen LogP contribution in [0.5, 0.6) is 0 Å². The van der Waals surface area contributed by atoms with E-state index in [1.807, 2.05) is 0 Å². The van der Waals surface area contributed by atoms with Crippen molar-refractivity contribution in [3.63, 3.8) is 0 Å². The summed E-state index contributed by atoms with van der Waals surface area (Å²) >= 11 is 0. The molecule has 3 nitrogen and oxygen atoms in total. The predicted molar refractivity (Wildman–Crippen MR) is 72.7 cm³/mol. The van der Waals surface area contributed by atoms with Crippen molar-refractivity contribution in [2.24, 2.45) is 17.3 Å². The average Bonchev–Trinajstić information content (AvgIpc) is 2.89. The van der Waals surface area contributed by atoms with E-state index in [9.17, 15) is 9.90 Å². The molecule has 19 heavy (non-hydrogen) atoms. The van der Waals surface area contributed by atoms with Crippen LogP contribution in [0.15, 0.2) is 0 Å². The van der Waals surface area contributed by atoms with Gasteiger partial charge in [-0.2, -0.15) is 0 Å². The molecule has 4 rings (SSSR count). The van der Waals surface area contributed by atoms with Gasteiger partial charge in [0.1, 0.15) is 0 Å². The van der Waals surface area contributed by atoms with Crippen LogP contribution in [-0.4, -0.2) is 40.5 Å². The lowest BCUT2D eigenvalue weighted by atomic mass is 9.53. The van der Waals surface area contributed by atoms with Gasteiger partial charge in [-0.15, -0.1) is 0 Å². The Kier molecular flexibility index (Phi) is 2.48. The molecule has 0 amide bonds. The van der Waals surface area contributed by atoms with E-state index < -0.39 is 0 Å². The van der Waals surface area contributed by atoms with E-state index >= 15 is 0 Å². The zero-order valence-electron chi connectivity index (χ0n) is 11.9. The minimum absolute atomic E-state index is 0.0919. The van der Waals surface area contributed by atoms with Crippen molar-refractivity contribution >= 4 is 5.78 Å². The maximum atomic E-state index is 12.9. The van der Waals surface area contributed by atoms with Gasteiger partial charge >= 0.3 is 0 Å². The van der Waals surface area contributed by atoms with Gasteiger partial charge in [0, 0.05) is 11.8 Å². The Labute approximate surface area is 115 Å². The molecule has 0 aromatic carbocycles. The van der Waals surface area contributed by atoms with Gasteiger partial charge in [-0.3, -0.25) is 9.69 Å². The van der Waals surface area contributed by atoms with E-state index in [1.54, 1.807) is 0 Å². The molecule has 0 aromatic rings. The molecular formula is C16H25NO2. The van der Waals surface area contributed by atoms with Crippen molar-refractivity contribution in [1.29, 1.82) is 0 Å². The van der Waals surface area contributed by atoms with Gasteiger partial charge in [-0.25, -0.2) is 0 Å². The summed E-state index contributed by atoms with van der Waals surface area (Å²) in [5.41, 5.74) is -0.360. The van der Waals surface area contributed by atoms with Crippen LogP contribution in [0.25, 0.3) is 0 Å². The number of carbonyl (C=O) groups excluding carboxylic acids is 1. The first kappa shape index (κ1) is 12.3. The highest BCUT2D eigenvalue weighted by Gasteiger charge is 2.72. The summed E-state index contributed by atoms with van der Waals surface area (Å²) in [7, 11) is 0. The molecule has 106 valence electrons. The quantitative estimate of drug-likeness (QED) is 0.726. The summed E-state index contributed by atoms with van der Waals surface area (Å²) in [6, 6.07) is 0. The van der Waals surface area contributed by atoms with Gasteiger partial charge in [-0.1, -0.05) is 6.92 Å². The molecule has 2 saturated heterocycles. The zero-order valence-corrected chi connectivity index (χ0v) is 11.9. The molecule has 1 N–H and O–H groups in total. The lowest BCUT2D eigenvalue weighted by Crippen LogP contribution is -2.67. The minimum Gasteiger partial charge on any atom is -0.392 e. The van der Waals surface area contributed by atoms with Gasteiger partial charge in [0.05, 0.1) is 11.6 Å². The lowest BCUT2D eigenvalue weighted by molar-refractivity contribution is -0.162. The van der Waals surface area contributed by atoms with Crippen LogP contribution in [-0.2, 0) is 4.79 Å². The summed E-state index contributed by atoms with van der Waals surface area (Å²) < 4.78 is 0. The molecule has 2 spiro atoms. The van der Waals surface area contributed by atoms with Gasteiger partial charge in [0.25, 0.3) is 0 Å². The number of hydrogen-bond donors (Lipinski definition) is 1. The average molecular weight is 263 g/mol. The molecule has 2 aliphatic heterocycles. The Hall–Kier alpha value is -0.410. The first-order valence-corrected chi connectivity index (χ1v) is 8.07. The summed E-state index contributed by atoms with van der Waals surface area (Å²) in [6.07, 6.45) is 6.92. The second-order valence-corrected chi connectivity index (χ2v) is 7.51. The number of Topliss-reactive ketones (excluding diaryl/α,β-unsaturated/α-hetero) is 1. The highest BCUT2D eigenvalue weighted by Crippen LogP contribution is 2.65. The molecule has 2 aliphatic carbocycles. The fraction of sp³-hybridized carbons (Fsp3) is 0.938. The summed E-state index contributed by atoms with van der Waals surface area (Å²) in [4.78, 5) is 15.3. The molecule has 0 bridgehead atoms. The van der Waals surface area contributed by atoms with E-state index in [0.717, 1.165) is 58.0 Å². The number of aliphatic hydroxyl groups is 1. The van der Waals surface area contributed by atoms with Crippen LogP contribution in [0.3, 0.4) is 0 Å². The number of ketones is 1. The number of aliphatic hydroxyl groups excluding tert-OH is 1. The second-order valence-electron chi connectivity index (χ2n) is 7.51. The largest absolute Gasteiger partial charge is 0.392 e. The second kappa shape index (κ2) is 3.82. The van der Waals surface area contributed by atoms with Crippen LogP contribution in [0.4, 0.5) is 0 Å². The Balaban J connectivity index is 1.86. The number of hydrogen-bond acceptors (Lipinski definition) is 3. The highest BCUT2D eigenvalue weighted by atomic mass is 16.3. The van der Waals surface area contributed by atoms with Crippen LogP contribution in [0.1, 0.15) is 51.9 Å². The van der Waals surface area contributed by atoms with E-state index in [2.05, 4.69) is 11.8 Å². The Bertz CT molecular complexity index is 423. The Morgan fingerprint density at radius 2 is 1.95 bits per heavy atom. The van der Waals surface area contributed by atoms with Crippen LogP contribution < -0.4 is 0 Å². The standard InChI is InChI=1S/C16H25NO2/c1-11-8-12-10-14(19)16-5-3-7-17(16)6-2-4-15(12,16)13(18)9-11/h11-13,18H,2-10H2,1H3. The topological polar surface area (TPSA) is 40.5 Å². The van der Waals surface area contributed by atoms with Gasteiger partial charge in [0.15, 0.2) is 5.78 Å². The Morgan fingerprint density at radius 1 is 1.21 bits per heavy atom. The first-order valence-electron chi connectivity index (χ1n) is 8.07. The molecule has 5 atom stereocenters. The van der Waals surface area contributed by atoms with Gasteiger partial charge < -0.3 is 5.11 Å². The maximum Gasteiger partial charge on any atom is 0.154 e. The van der Waals surface area contributed by atoms with E-state index in [4.69, 9.17) is 0 Å². The van der Waals surface area contributed by atoms with Crippen molar-refractivity contribution in [1.82, 2.24) is 4.90 Å². The zero-order chi connectivity index (χ0) is 13.3. The third-order valence-corrected chi connectivity index (χ3v) is 6.82. The molecular weight excluding hydrogens is 238 g/mol. The third-order valence-electron chi connectivity index (χ3n) is 6.82. The molecule has 2 saturated carbocycles. The number of carbonyl (C=O) groups is 1. The fourth-order valence-corrected chi connectivity index (χ4v) is 6.35.